The van der Waals surface area contributed by atoms with Gasteiger partial charge in [-0.05, 0) is 34.1 Å². The molecule has 0 saturated carbocycles. The smallest absolute Gasteiger partial charge is 0.0954 e. The molecular formula is C10H10BrN3O. The van der Waals surface area contributed by atoms with Gasteiger partial charge in [0.15, 0.2) is 0 Å². The minimum atomic E-state index is -0.167. The van der Waals surface area contributed by atoms with E-state index in [-0.39, 0.29) is 6.04 Å². The number of halogens is 1. The summed E-state index contributed by atoms with van der Waals surface area (Å²) < 4.78 is 5.93. The SMILES string of the molecule is NNC(c1ccoc1)c1ncccc1Br. The highest BCUT2D eigenvalue weighted by molar-refractivity contribution is 9.10. The Morgan fingerprint density at radius 1 is 1.47 bits per heavy atom. The van der Waals surface area contributed by atoms with Crippen LogP contribution in [0.5, 0.6) is 0 Å². The second kappa shape index (κ2) is 4.57. The molecule has 0 aliphatic carbocycles. The maximum absolute atomic E-state index is 5.51. The van der Waals surface area contributed by atoms with Crippen molar-refractivity contribution in [2.24, 2.45) is 5.84 Å². The summed E-state index contributed by atoms with van der Waals surface area (Å²) in [5.74, 6) is 5.51. The molecule has 2 heterocycles. The van der Waals surface area contributed by atoms with E-state index in [2.05, 4.69) is 26.3 Å². The van der Waals surface area contributed by atoms with Gasteiger partial charge in [-0.2, -0.15) is 0 Å². The van der Waals surface area contributed by atoms with E-state index in [0.717, 1.165) is 15.7 Å². The van der Waals surface area contributed by atoms with Gasteiger partial charge in [-0.15, -0.1) is 0 Å². The lowest BCUT2D eigenvalue weighted by Gasteiger charge is -2.14. The van der Waals surface area contributed by atoms with Crippen LogP contribution in [0.15, 0.2) is 45.8 Å². The molecule has 0 aromatic carbocycles. The molecule has 2 aromatic rings. The standard InChI is InChI=1S/C10H10BrN3O/c11-8-2-1-4-13-10(8)9(14-12)7-3-5-15-6-7/h1-6,9,14H,12H2. The van der Waals surface area contributed by atoms with Crippen molar-refractivity contribution in [3.05, 3.63) is 52.7 Å². The summed E-state index contributed by atoms with van der Waals surface area (Å²) in [6.45, 7) is 0. The highest BCUT2D eigenvalue weighted by Crippen LogP contribution is 2.25. The van der Waals surface area contributed by atoms with E-state index in [1.807, 2.05) is 18.2 Å². The summed E-state index contributed by atoms with van der Waals surface area (Å²) in [7, 11) is 0. The predicted molar refractivity (Wildman–Crippen MR) is 59.8 cm³/mol. The third-order valence-corrected chi connectivity index (χ3v) is 2.77. The fourth-order valence-corrected chi connectivity index (χ4v) is 1.87. The van der Waals surface area contributed by atoms with Crippen molar-refractivity contribution in [1.82, 2.24) is 10.4 Å². The van der Waals surface area contributed by atoms with Gasteiger partial charge in [-0.25, -0.2) is 5.43 Å². The van der Waals surface area contributed by atoms with Gasteiger partial charge in [0.1, 0.15) is 0 Å². The largest absolute Gasteiger partial charge is 0.472 e. The molecule has 0 bridgehead atoms. The van der Waals surface area contributed by atoms with Crippen molar-refractivity contribution in [1.29, 1.82) is 0 Å². The first-order valence-corrected chi connectivity index (χ1v) is 5.21. The Morgan fingerprint density at radius 2 is 2.33 bits per heavy atom. The molecule has 0 fully saturated rings. The molecule has 0 radical (unpaired) electrons. The molecule has 2 rings (SSSR count). The lowest BCUT2D eigenvalue weighted by molar-refractivity contribution is 0.550. The van der Waals surface area contributed by atoms with Gasteiger partial charge >= 0.3 is 0 Å². The second-order valence-corrected chi connectivity index (χ2v) is 3.88. The van der Waals surface area contributed by atoms with E-state index in [9.17, 15) is 0 Å². The summed E-state index contributed by atoms with van der Waals surface area (Å²) in [6.07, 6.45) is 4.98. The number of rotatable bonds is 3. The molecule has 0 spiro atoms. The van der Waals surface area contributed by atoms with Crippen LogP contribution in [0.3, 0.4) is 0 Å². The number of furan rings is 1. The average Bonchev–Trinajstić information content (AvgIpc) is 2.75. The Morgan fingerprint density at radius 3 is 2.93 bits per heavy atom. The number of hydrogen-bond donors (Lipinski definition) is 2. The third-order valence-electron chi connectivity index (χ3n) is 2.10. The van der Waals surface area contributed by atoms with Crippen LogP contribution >= 0.6 is 15.9 Å². The van der Waals surface area contributed by atoms with Gasteiger partial charge in [0.05, 0.1) is 24.3 Å². The van der Waals surface area contributed by atoms with Crippen LogP contribution in [0.2, 0.25) is 0 Å². The van der Waals surface area contributed by atoms with Crippen LogP contribution in [-0.2, 0) is 0 Å². The highest BCUT2D eigenvalue weighted by Gasteiger charge is 2.17. The minimum Gasteiger partial charge on any atom is -0.472 e. The fourth-order valence-electron chi connectivity index (χ4n) is 1.38. The van der Waals surface area contributed by atoms with Crippen LogP contribution in [0, 0.1) is 0 Å². The second-order valence-electron chi connectivity index (χ2n) is 3.03. The van der Waals surface area contributed by atoms with Gasteiger partial charge in [-0.3, -0.25) is 10.8 Å². The van der Waals surface area contributed by atoms with E-state index in [4.69, 9.17) is 10.3 Å². The predicted octanol–water partition coefficient (Wildman–Crippen LogP) is 1.99. The van der Waals surface area contributed by atoms with Crippen molar-refractivity contribution in [2.75, 3.05) is 0 Å². The molecule has 3 N–H and O–H groups in total. The molecule has 4 nitrogen and oxygen atoms in total. The Kier molecular flexibility index (Phi) is 3.15. The fraction of sp³-hybridized carbons (Fsp3) is 0.100. The van der Waals surface area contributed by atoms with Gasteiger partial charge in [0.25, 0.3) is 0 Å². The zero-order chi connectivity index (χ0) is 10.7. The number of pyridine rings is 1. The van der Waals surface area contributed by atoms with Crippen molar-refractivity contribution in [3.8, 4) is 0 Å². The molecule has 1 atom stereocenters. The van der Waals surface area contributed by atoms with E-state index >= 15 is 0 Å². The van der Waals surface area contributed by atoms with Crippen molar-refractivity contribution < 1.29 is 4.42 Å². The average molecular weight is 268 g/mol. The first-order chi connectivity index (χ1) is 7.33. The van der Waals surface area contributed by atoms with E-state index in [1.54, 1.807) is 18.7 Å². The zero-order valence-corrected chi connectivity index (χ0v) is 9.44. The van der Waals surface area contributed by atoms with Crippen molar-refractivity contribution in [2.45, 2.75) is 6.04 Å². The Balaban J connectivity index is 2.40. The Labute approximate surface area is 95.6 Å². The number of nitrogens with two attached hydrogens (primary N) is 1. The minimum absolute atomic E-state index is 0.167. The summed E-state index contributed by atoms with van der Waals surface area (Å²) >= 11 is 3.43. The van der Waals surface area contributed by atoms with Gasteiger partial charge < -0.3 is 4.42 Å². The molecule has 0 amide bonds. The molecule has 5 heteroatoms. The molecular weight excluding hydrogens is 258 g/mol. The van der Waals surface area contributed by atoms with Gasteiger partial charge in [-0.1, -0.05) is 0 Å². The summed E-state index contributed by atoms with van der Waals surface area (Å²) in [6, 6.07) is 5.47. The maximum atomic E-state index is 5.51. The topological polar surface area (TPSA) is 64.1 Å². The maximum Gasteiger partial charge on any atom is 0.0954 e. The van der Waals surface area contributed by atoms with Gasteiger partial charge in [0.2, 0.25) is 0 Å². The quantitative estimate of drug-likeness (QED) is 0.660. The molecule has 1 unspecified atom stereocenters. The van der Waals surface area contributed by atoms with E-state index in [0.29, 0.717) is 0 Å². The molecule has 0 saturated heterocycles. The third kappa shape index (κ3) is 2.09. The number of nitrogens with zero attached hydrogens (tertiary/aromatic N) is 1. The summed E-state index contributed by atoms with van der Waals surface area (Å²) in [5, 5.41) is 0. The molecule has 0 aliphatic rings. The van der Waals surface area contributed by atoms with Crippen LogP contribution in [-0.4, -0.2) is 4.98 Å². The number of nitrogens with one attached hydrogen (secondary N) is 1. The number of hydrazine groups is 1. The summed E-state index contributed by atoms with van der Waals surface area (Å²) in [4.78, 5) is 4.27. The summed E-state index contributed by atoms with van der Waals surface area (Å²) in [5.41, 5.74) is 4.49. The normalized spacial score (nSPS) is 12.7. The Bertz CT molecular complexity index is 430. The monoisotopic (exact) mass is 267 g/mol. The zero-order valence-electron chi connectivity index (χ0n) is 7.85. The first kappa shape index (κ1) is 10.4. The van der Waals surface area contributed by atoms with Crippen LogP contribution in [0.4, 0.5) is 0 Å². The number of hydrogen-bond acceptors (Lipinski definition) is 4. The molecule has 78 valence electrons. The molecule has 0 aliphatic heterocycles. The lowest BCUT2D eigenvalue weighted by atomic mass is 10.1. The van der Waals surface area contributed by atoms with Crippen LogP contribution < -0.4 is 11.3 Å². The van der Waals surface area contributed by atoms with E-state index < -0.39 is 0 Å². The van der Waals surface area contributed by atoms with E-state index in [1.165, 1.54) is 0 Å². The Hall–Kier alpha value is -1.17. The lowest BCUT2D eigenvalue weighted by Crippen LogP contribution is -2.29. The van der Waals surface area contributed by atoms with Crippen LogP contribution in [0.1, 0.15) is 17.3 Å². The molecule has 2 aromatic heterocycles. The van der Waals surface area contributed by atoms with Crippen molar-refractivity contribution >= 4 is 15.9 Å². The van der Waals surface area contributed by atoms with Crippen molar-refractivity contribution in [3.63, 3.8) is 0 Å². The highest BCUT2D eigenvalue weighted by atomic mass is 79.9. The van der Waals surface area contributed by atoms with Gasteiger partial charge in [0, 0.05) is 16.2 Å². The first-order valence-electron chi connectivity index (χ1n) is 4.41. The number of aromatic nitrogens is 1. The van der Waals surface area contributed by atoms with Crippen LogP contribution in [0.25, 0.3) is 0 Å². The molecule has 15 heavy (non-hydrogen) atoms.